The second kappa shape index (κ2) is 8.95. The summed E-state index contributed by atoms with van der Waals surface area (Å²) >= 11 is 0.929. The van der Waals surface area contributed by atoms with E-state index in [1.165, 1.54) is 11.4 Å². The highest BCUT2D eigenvalue weighted by molar-refractivity contribution is 7.14. The summed E-state index contributed by atoms with van der Waals surface area (Å²) in [4.78, 5) is 27.0. The van der Waals surface area contributed by atoms with Crippen LogP contribution in [0.3, 0.4) is 0 Å². The van der Waals surface area contributed by atoms with Gasteiger partial charge in [-0.05, 0) is 18.2 Å². The fourth-order valence-electron chi connectivity index (χ4n) is 2.51. The van der Waals surface area contributed by atoms with Crippen LogP contribution in [0.4, 0.5) is 28.4 Å². The predicted molar refractivity (Wildman–Crippen MR) is 102 cm³/mol. The van der Waals surface area contributed by atoms with E-state index in [1.807, 2.05) is 0 Å². The Hall–Kier alpha value is -3.74. The lowest BCUT2D eigenvalue weighted by molar-refractivity contribution is -0.385. The molecule has 13 heteroatoms. The number of nitro groups is 1. The molecule has 162 valence electrons. The molecule has 1 N–H and O–H groups in total. The molecule has 1 amide bonds. The number of anilines is 1. The number of thiazole rings is 1. The number of carbonyl (C=O) groups is 1. The third-order valence-corrected chi connectivity index (χ3v) is 4.64. The summed E-state index contributed by atoms with van der Waals surface area (Å²) in [5.41, 5.74) is -0.817. The van der Waals surface area contributed by atoms with Gasteiger partial charge in [0.25, 0.3) is 11.6 Å². The standard InChI is InChI=1S/C18H11F4N3O5S/c1-29-14-5-9(13(25(27)28)6-15(14)30-17(21)22)16(26)24-18-23-12(7-31-18)8-2-3-10(19)11(20)4-8/h2-7,17H,1H3,(H,23,24,26). The Morgan fingerprint density at radius 3 is 2.55 bits per heavy atom. The van der Waals surface area contributed by atoms with Gasteiger partial charge in [0.1, 0.15) is 5.56 Å². The number of benzene rings is 2. The van der Waals surface area contributed by atoms with E-state index in [4.69, 9.17) is 4.74 Å². The van der Waals surface area contributed by atoms with E-state index in [0.29, 0.717) is 6.07 Å². The van der Waals surface area contributed by atoms with Gasteiger partial charge in [-0.25, -0.2) is 13.8 Å². The van der Waals surface area contributed by atoms with Gasteiger partial charge >= 0.3 is 6.61 Å². The quantitative estimate of drug-likeness (QED) is 0.309. The van der Waals surface area contributed by atoms with Crippen LogP contribution in [-0.2, 0) is 0 Å². The van der Waals surface area contributed by atoms with E-state index in [1.54, 1.807) is 0 Å². The molecule has 0 atom stereocenters. The predicted octanol–water partition coefficient (Wildman–Crippen LogP) is 4.86. The van der Waals surface area contributed by atoms with Crippen molar-refractivity contribution in [3.05, 3.63) is 63.0 Å². The summed E-state index contributed by atoms with van der Waals surface area (Å²) in [5, 5.41) is 15.1. The maximum Gasteiger partial charge on any atom is 0.387 e. The average Bonchev–Trinajstić information content (AvgIpc) is 3.17. The molecule has 0 aliphatic carbocycles. The maximum absolute atomic E-state index is 13.4. The van der Waals surface area contributed by atoms with Gasteiger partial charge in [0.15, 0.2) is 28.3 Å². The second-order valence-corrected chi connectivity index (χ2v) is 6.63. The van der Waals surface area contributed by atoms with Gasteiger partial charge in [-0.3, -0.25) is 20.2 Å². The van der Waals surface area contributed by atoms with Gasteiger partial charge in [-0.15, -0.1) is 11.3 Å². The molecule has 0 spiro atoms. The number of nitro benzene ring substituents is 1. The van der Waals surface area contributed by atoms with Crippen molar-refractivity contribution >= 4 is 28.1 Å². The normalized spacial score (nSPS) is 10.8. The van der Waals surface area contributed by atoms with Crippen LogP contribution in [0.1, 0.15) is 10.4 Å². The Labute approximate surface area is 175 Å². The Morgan fingerprint density at radius 2 is 1.94 bits per heavy atom. The molecular weight excluding hydrogens is 446 g/mol. The first kappa shape index (κ1) is 22.0. The number of hydrogen-bond acceptors (Lipinski definition) is 7. The number of ether oxygens (including phenoxy) is 2. The Morgan fingerprint density at radius 1 is 1.19 bits per heavy atom. The number of rotatable bonds is 7. The molecule has 0 fully saturated rings. The van der Waals surface area contributed by atoms with Crippen molar-refractivity contribution in [3.8, 4) is 22.8 Å². The van der Waals surface area contributed by atoms with Crippen LogP contribution < -0.4 is 14.8 Å². The molecular formula is C18H11F4N3O5S. The van der Waals surface area contributed by atoms with Gasteiger partial charge in [0, 0.05) is 17.0 Å². The minimum absolute atomic E-state index is 0.00547. The van der Waals surface area contributed by atoms with Crippen molar-refractivity contribution in [2.24, 2.45) is 0 Å². The van der Waals surface area contributed by atoms with Gasteiger partial charge < -0.3 is 9.47 Å². The molecule has 0 aliphatic heterocycles. The first-order chi connectivity index (χ1) is 14.7. The number of methoxy groups -OCH3 is 1. The maximum atomic E-state index is 13.4. The molecule has 2 aromatic carbocycles. The molecule has 1 heterocycles. The summed E-state index contributed by atoms with van der Waals surface area (Å²) in [7, 11) is 1.11. The Bertz CT molecular complexity index is 1160. The second-order valence-electron chi connectivity index (χ2n) is 5.78. The molecule has 0 saturated carbocycles. The average molecular weight is 457 g/mol. The SMILES string of the molecule is COc1cc(C(=O)Nc2nc(-c3ccc(F)c(F)c3)cs2)c([N+](=O)[O-])cc1OC(F)F. The lowest BCUT2D eigenvalue weighted by Gasteiger charge is -2.11. The minimum Gasteiger partial charge on any atom is -0.493 e. The fraction of sp³-hybridized carbons (Fsp3) is 0.111. The van der Waals surface area contributed by atoms with E-state index in [0.717, 1.165) is 36.6 Å². The fourth-order valence-corrected chi connectivity index (χ4v) is 3.23. The number of carbonyl (C=O) groups excluding carboxylic acids is 1. The van der Waals surface area contributed by atoms with Crippen LogP contribution in [0.25, 0.3) is 11.3 Å². The number of halogens is 4. The highest BCUT2D eigenvalue weighted by Gasteiger charge is 2.26. The van der Waals surface area contributed by atoms with E-state index < -0.39 is 46.1 Å². The van der Waals surface area contributed by atoms with Crippen LogP contribution in [0.2, 0.25) is 0 Å². The number of hydrogen-bond donors (Lipinski definition) is 1. The number of alkyl halides is 2. The molecule has 3 rings (SSSR count). The van der Waals surface area contributed by atoms with E-state index in [2.05, 4.69) is 15.0 Å². The van der Waals surface area contributed by atoms with Crippen LogP contribution in [0.5, 0.6) is 11.5 Å². The van der Waals surface area contributed by atoms with Gasteiger partial charge in [-0.1, -0.05) is 0 Å². The van der Waals surface area contributed by atoms with E-state index in [9.17, 15) is 32.5 Å². The highest BCUT2D eigenvalue weighted by atomic mass is 32.1. The first-order valence-electron chi connectivity index (χ1n) is 8.23. The number of amides is 1. The lowest BCUT2D eigenvalue weighted by Crippen LogP contribution is -2.15. The molecule has 0 radical (unpaired) electrons. The van der Waals surface area contributed by atoms with Crippen LogP contribution in [0, 0.1) is 21.7 Å². The van der Waals surface area contributed by atoms with E-state index >= 15 is 0 Å². The molecule has 1 aromatic heterocycles. The first-order valence-corrected chi connectivity index (χ1v) is 9.11. The Balaban J connectivity index is 1.90. The van der Waals surface area contributed by atoms with E-state index in [-0.39, 0.29) is 22.1 Å². The van der Waals surface area contributed by atoms with Crippen LogP contribution in [-0.4, -0.2) is 29.5 Å². The Kier molecular flexibility index (Phi) is 6.34. The van der Waals surface area contributed by atoms with Crippen LogP contribution in [0.15, 0.2) is 35.7 Å². The summed E-state index contributed by atoms with van der Waals surface area (Å²) in [6.07, 6.45) is 0. The van der Waals surface area contributed by atoms with Gasteiger partial charge in [0.05, 0.1) is 23.8 Å². The highest BCUT2D eigenvalue weighted by Crippen LogP contribution is 2.36. The monoisotopic (exact) mass is 457 g/mol. The van der Waals surface area contributed by atoms with Crippen molar-refractivity contribution in [1.82, 2.24) is 4.98 Å². The number of nitrogens with one attached hydrogen (secondary N) is 1. The molecule has 0 unspecified atom stereocenters. The van der Waals surface area contributed by atoms with Crippen molar-refractivity contribution in [3.63, 3.8) is 0 Å². The summed E-state index contributed by atoms with van der Waals surface area (Å²) in [6.45, 7) is -3.27. The third-order valence-electron chi connectivity index (χ3n) is 3.88. The van der Waals surface area contributed by atoms with Crippen molar-refractivity contribution in [1.29, 1.82) is 0 Å². The number of nitrogens with zero attached hydrogens (tertiary/aromatic N) is 2. The summed E-state index contributed by atoms with van der Waals surface area (Å²) in [6, 6.07) is 4.66. The molecule has 0 saturated heterocycles. The molecule has 31 heavy (non-hydrogen) atoms. The van der Waals surface area contributed by atoms with Crippen molar-refractivity contribution < 1.29 is 36.8 Å². The molecule has 8 nitrogen and oxygen atoms in total. The van der Waals surface area contributed by atoms with Crippen molar-refractivity contribution in [2.45, 2.75) is 6.61 Å². The number of aromatic nitrogens is 1. The zero-order chi connectivity index (χ0) is 22.7. The van der Waals surface area contributed by atoms with Crippen molar-refractivity contribution in [2.75, 3.05) is 12.4 Å². The molecule has 3 aromatic rings. The van der Waals surface area contributed by atoms with Gasteiger partial charge in [-0.2, -0.15) is 8.78 Å². The largest absolute Gasteiger partial charge is 0.493 e. The zero-order valence-electron chi connectivity index (χ0n) is 15.4. The molecule has 0 aliphatic rings. The molecule has 0 bridgehead atoms. The van der Waals surface area contributed by atoms with Crippen LogP contribution >= 0.6 is 11.3 Å². The zero-order valence-corrected chi connectivity index (χ0v) is 16.2. The topological polar surface area (TPSA) is 104 Å². The summed E-state index contributed by atoms with van der Waals surface area (Å²) in [5.74, 6) is -4.02. The smallest absolute Gasteiger partial charge is 0.387 e. The minimum atomic E-state index is -3.27. The lowest BCUT2D eigenvalue weighted by atomic mass is 10.1. The third kappa shape index (κ3) is 4.88. The summed E-state index contributed by atoms with van der Waals surface area (Å²) < 4.78 is 60.6. The van der Waals surface area contributed by atoms with Gasteiger partial charge in [0.2, 0.25) is 0 Å².